The third-order valence-electron chi connectivity index (χ3n) is 5.44. The lowest BCUT2D eigenvalue weighted by molar-refractivity contribution is -0.124. The number of alkyl carbamates (subject to hydrolysis) is 1. The zero-order valence-electron chi connectivity index (χ0n) is 19.4. The number of carbonyl (C=O) groups excluding carboxylic acids is 3. The van der Waals surface area contributed by atoms with Crippen molar-refractivity contribution in [1.29, 1.82) is 0 Å². The molecule has 3 N–H and O–H groups in total. The van der Waals surface area contributed by atoms with E-state index >= 15 is 0 Å². The number of nitrogens with one attached hydrogen (secondary N) is 3. The summed E-state index contributed by atoms with van der Waals surface area (Å²) in [5.41, 5.74) is 0.887. The number of amides is 3. The summed E-state index contributed by atoms with van der Waals surface area (Å²) in [6.45, 7) is 9.29. The van der Waals surface area contributed by atoms with E-state index in [2.05, 4.69) is 29.8 Å². The fourth-order valence-corrected chi connectivity index (χ4v) is 2.93. The fourth-order valence-electron chi connectivity index (χ4n) is 2.93. The minimum Gasteiger partial charge on any atom is -0.445 e. The normalized spacial score (nSPS) is 13.5. The molecular weight excluding hydrogens is 394 g/mol. The van der Waals surface area contributed by atoms with Crippen LogP contribution in [0.3, 0.4) is 0 Å². The average Bonchev–Trinajstić information content (AvgIpc) is 2.78. The molecule has 0 fully saturated rings. The molecule has 1 rings (SSSR count). The second-order valence-electron chi connectivity index (χ2n) is 8.13. The van der Waals surface area contributed by atoms with E-state index < -0.39 is 12.1 Å². The highest BCUT2D eigenvalue weighted by atomic mass is 16.5. The van der Waals surface area contributed by atoms with Crippen molar-refractivity contribution in [3.05, 3.63) is 35.9 Å². The molecule has 3 amide bonds. The van der Waals surface area contributed by atoms with E-state index in [1.165, 1.54) is 0 Å². The van der Waals surface area contributed by atoms with Crippen LogP contribution in [-0.4, -0.2) is 37.0 Å². The largest absolute Gasteiger partial charge is 0.445 e. The standard InChI is InChI=1S/C24H39N3O4/c1-5-18(3)16-21(28)25-14-10-11-15-26-23(29)22(19(4)6-2)27-24(30)31-17-20-12-8-7-9-13-20/h7-9,12-13,18-19,22H,5-6,10-11,14-17H2,1-4H3,(H,25,28)(H,26,29)(H,27,30). The maximum Gasteiger partial charge on any atom is 0.408 e. The number of ether oxygens (including phenoxy) is 1. The molecule has 3 atom stereocenters. The summed E-state index contributed by atoms with van der Waals surface area (Å²) in [7, 11) is 0. The van der Waals surface area contributed by atoms with E-state index in [9.17, 15) is 14.4 Å². The summed E-state index contributed by atoms with van der Waals surface area (Å²) >= 11 is 0. The lowest BCUT2D eigenvalue weighted by atomic mass is 9.98. The highest BCUT2D eigenvalue weighted by Crippen LogP contribution is 2.09. The number of benzene rings is 1. The van der Waals surface area contributed by atoms with Crippen molar-refractivity contribution in [3.8, 4) is 0 Å². The zero-order valence-corrected chi connectivity index (χ0v) is 19.4. The third kappa shape index (κ3) is 11.4. The van der Waals surface area contributed by atoms with E-state index in [0.717, 1.165) is 31.2 Å². The van der Waals surface area contributed by atoms with E-state index in [0.29, 0.717) is 25.4 Å². The van der Waals surface area contributed by atoms with Gasteiger partial charge < -0.3 is 20.7 Å². The van der Waals surface area contributed by atoms with Crippen LogP contribution >= 0.6 is 0 Å². The Kier molecular flexibility index (Phi) is 13.0. The topological polar surface area (TPSA) is 96.5 Å². The van der Waals surface area contributed by atoms with Crippen LogP contribution in [0.1, 0.15) is 65.4 Å². The third-order valence-corrected chi connectivity index (χ3v) is 5.44. The Balaban J connectivity index is 2.33. The number of rotatable bonds is 14. The fraction of sp³-hybridized carbons (Fsp3) is 0.625. The maximum atomic E-state index is 12.6. The number of hydrogen-bond acceptors (Lipinski definition) is 4. The Hall–Kier alpha value is -2.57. The van der Waals surface area contributed by atoms with Gasteiger partial charge in [-0.15, -0.1) is 0 Å². The van der Waals surface area contributed by atoms with Crippen LogP contribution in [-0.2, 0) is 20.9 Å². The second-order valence-corrected chi connectivity index (χ2v) is 8.13. The molecule has 0 saturated carbocycles. The van der Waals surface area contributed by atoms with Crippen LogP contribution in [0, 0.1) is 11.8 Å². The molecule has 3 unspecified atom stereocenters. The monoisotopic (exact) mass is 433 g/mol. The Labute approximate surface area is 186 Å². The molecule has 0 bridgehead atoms. The molecule has 0 heterocycles. The first-order valence-electron chi connectivity index (χ1n) is 11.4. The molecule has 0 aromatic heterocycles. The lowest BCUT2D eigenvalue weighted by Gasteiger charge is -2.23. The molecule has 7 heteroatoms. The highest BCUT2D eigenvalue weighted by Gasteiger charge is 2.26. The van der Waals surface area contributed by atoms with Crippen LogP contribution in [0.2, 0.25) is 0 Å². The van der Waals surface area contributed by atoms with E-state index in [1.54, 1.807) is 0 Å². The number of hydrogen-bond donors (Lipinski definition) is 3. The van der Waals surface area contributed by atoms with E-state index in [-0.39, 0.29) is 24.3 Å². The van der Waals surface area contributed by atoms with Crippen LogP contribution in [0.15, 0.2) is 30.3 Å². The van der Waals surface area contributed by atoms with Crippen molar-refractivity contribution in [2.24, 2.45) is 11.8 Å². The van der Waals surface area contributed by atoms with Crippen LogP contribution in [0.25, 0.3) is 0 Å². The summed E-state index contributed by atoms with van der Waals surface area (Å²) in [6, 6.07) is 8.75. The minimum atomic E-state index is -0.650. The first-order valence-corrected chi connectivity index (χ1v) is 11.4. The molecule has 31 heavy (non-hydrogen) atoms. The van der Waals surface area contributed by atoms with Gasteiger partial charge in [-0.05, 0) is 30.2 Å². The van der Waals surface area contributed by atoms with Gasteiger partial charge in [0.1, 0.15) is 12.6 Å². The lowest BCUT2D eigenvalue weighted by Crippen LogP contribution is -2.50. The van der Waals surface area contributed by atoms with Gasteiger partial charge in [0, 0.05) is 19.5 Å². The summed E-state index contributed by atoms with van der Waals surface area (Å²) in [5, 5.41) is 8.50. The predicted molar refractivity (Wildman–Crippen MR) is 122 cm³/mol. The van der Waals surface area contributed by atoms with Gasteiger partial charge in [-0.25, -0.2) is 4.79 Å². The highest BCUT2D eigenvalue weighted by molar-refractivity contribution is 5.85. The predicted octanol–water partition coefficient (Wildman–Crippen LogP) is 3.78. The Morgan fingerprint density at radius 3 is 2.19 bits per heavy atom. The Morgan fingerprint density at radius 1 is 0.935 bits per heavy atom. The zero-order chi connectivity index (χ0) is 23.1. The maximum absolute atomic E-state index is 12.6. The Morgan fingerprint density at radius 2 is 1.58 bits per heavy atom. The van der Waals surface area contributed by atoms with Crippen molar-refractivity contribution in [3.63, 3.8) is 0 Å². The Bertz CT molecular complexity index is 666. The van der Waals surface area contributed by atoms with Gasteiger partial charge in [0.25, 0.3) is 0 Å². The second kappa shape index (κ2) is 15.3. The number of unbranched alkanes of at least 4 members (excludes halogenated alkanes) is 1. The van der Waals surface area contributed by atoms with Gasteiger partial charge in [0.2, 0.25) is 11.8 Å². The van der Waals surface area contributed by atoms with E-state index in [4.69, 9.17) is 4.74 Å². The van der Waals surface area contributed by atoms with Gasteiger partial charge in [-0.3, -0.25) is 9.59 Å². The molecule has 7 nitrogen and oxygen atoms in total. The summed E-state index contributed by atoms with van der Waals surface area (Å²) in [5.74, 6) is 0.230. The van der Waals surface area contributed by atoms with Crippen molar-refractivity contribution in [2.75, 3.05) is 13.1 Å². The SMILES string of the molecule is CCC(C)CC(=O)NCCCCNC(=O)C(NC(=O)OCc1ccccc1)C(C)CC. The van der Waals surface area contributed by atoms with Gasteiger partial charge in [-0.1, -0.05) is 70.9 Å². The quantitative estimate of drug-likeness (QED) is 0.389. The average molecular weight is 434 g/mol. The van der Waals surface area contributed by atoms with Crippen molar-refractivity contribution < 1.29 is 19.1 Å². The molecule has 0 radical (unpaired) electrons. The summed E-state index contributed by atoms with van der Waals surface area (Å²) in [6.07, 6.45) is 3.22. The van der Waals surface area contributed by atoms with Gasteiger partial charge in [-0.2, -0.15) is 0 Å². The number of carbonyl (C=O) groups is 3. The summed E-state index contributed by atoms with van der Waals surface area (Å²) in [4.78, 5) is 36.5. The smallest absolute Gasteiger partial charge is 0.408 e. The van der Waals surface area contributed by atoms with Crippen LogP contribution in [0.4, 0.5) is 4.79 Å². The molecule has 174 valence electrons. The van der Waals surface area contributed by atoms with Crippen LogP contribution < -0.4 is 16.0 Å². The minimum absolute atomic E-state index is 0.0240. The molecule has 0 aliphatic heterocycles. The van der Waals surface area contributed by atoms with Crippen LogP contribution in [0.5, 0.6) is 0 Å². The molecule has 0 spiro atoms. The summed E-state index contributed by atoms with van der Waals surface area (Å²) < 4.78 is 5.25. The molecule has 0 aliphatic carbocycles. The molecular formula is C24H39N3O4. The molecule has 1 aromatic carbocycles. The van der Waals surface area contributed by atoms with Crippen molar-refractivity contribution in [1.82, 2.24) is 16.0 Å². The molecule has 0 aliphatic rings. The van der Waals surface area contributed by atoms with Gasteiger partial charge in [0.15, 0.2) is 0 Å². The van der Waals surface area contributed by atoms with Gasteiger partial charge in [0.05, 0.1) is 0 Å². The van der Waals surface area contributed by atoms with Gasteiger partial charge >= 0.3 is 6.09 Å². The first-order chi connectivity index (χ1) is 14.9. The van der Waals surface area contributed by atoms with Crippen molar-refractivity contribution >= 4 is 17.9 Å². The van der Waals surface area contributed by atoms with Crippen molar-refractivity contribution in [2.45, 2.75) is 72.4 Å². The molecule has 0 saturated heterocycles. The molecule has 1 aromatic rings. The first kappa shape index (κ1) is 26.5. The van der Waals surface area contributed by atoms with E-state index in [1.807, 2.05) is 44.2 Å².